The van der Waals surface area contributed by atoms with Gasteiger partial charge in [0.05, 0.1) is 0 Å². The number of hydrogen-bond acceptors (Lipinski definition) is 2. The Bertz CT molecular complexity index is 60.7. The molecule has 0 fully saturated rings. The zero-order valence-electron chi connectivity index (χ0n) is 4.89. The Hall–Kier alpha value is -0.830. The predicted molar refractivity (Wildman–Crippen MR) is 30.8 cm³/mol. The van der Waals surface area contributed by atoms with Gasteiger partial charge in [-0.25, -0.2) is 4.79 Å². The standard InChI is InChI=1S/C3H6O3.C2H4/c1-6-2-3(4)5;1-2/h2H2,1H3,(H,4,5);1-2H2. The second-order valence-corrected chi connectivity index (χ2v) is 0.827. The average Bonchev–Trinajstić information content (AvgIpc) is 1.72. The molecule has 0 bridgehead atoms. The molecule has 0 saturated carbocycles. The molecule has 0 aromatic carbocycles. The van der Waals surface area contributed by atoms with Crippen molar-refractivity contribution in [3.8, 4) is 0 Å². The van der Waals surface area contributed by atoms with Crippen LogP contribution in [0, 0.1) is 0 Å². The molecule has 0 radical (unpaired) electrons. The number of aliphatic carboxylic acids is 1. The van der Waals surface area contributed by atoms with Crippen LogP contribution in [0.15, 0.2) is 13.2 Å². The summed E-state index contributed by atoms with van der Waals surface area (Å²) >= 11 is 0. The van der Waals surface area contributed by atoms with Crippen LogP contribution >= 0.6 is 0 Å². The Kier molecular flexibility index (Phi) is 12.1. The van der Waals surface area contributed by atoms with E-state index in [1.807, 2.05) is 0 Å². The van der Waals surface area contributed by atoms with E-state index in [1.54, 1.807) is 0 Å². The number of methoxy groups -OCH3 is 1. The van der Waals surface area contributed by atoms with Gasteiger partial charge in [-0.2, -0.15) is 0 Å². The van der Waals surface area contributed by atoms with E-state index in [-0.39, 0.29) is 6.61 Å². The minimum absolute atomic E-state index is 0.208. The van der Waals surface area contributed by atoms with Crippen molar-refractivity contribution in [3.05, 3.63) is 13.2 Å². The first-order valence-electron chi connectivity index (χ1n) is 1.98. The molecule has 48 valence electrons. The van der Waals surface area contributed by atoms with E-state index < -0.39 is 5.97 Å². The SMILES string of the molecule is C=C.COCC(=O)O. The van der Waals surface area contributed by atoms with Gasteiger partial charge in [-0.1, -0.05) is 0 Å². The second-order valence-electron chi connectivity index (χ2n) is 0.827. The fourth-order valence-corrected chi connectivity index (χ4v) is 0.123. The Morgan fingerprint density at radius 1 is 1.75 bits per heavy atom. The zero-order chi connectivity index (χ0) is 6.99. The topological polar surface area (TPSA) is 46.5 Å². The quantitative estimate of drug-likeness (QED) is 0.537. The summed E-state index contributed by atoms with van der Waals surface area (Å²) in [5.74, 6) is -0.933. The maximum absolute atomic E-state index is 9.47. The Labute approximate surface area is 48.6 Å². The van der Waals surface area contributed by atoms with E-state index in [0.29, 0.717) is 0 Å². The number of carboxylic acids is 1. The zero-order valence-corrected chi connectivity index (χ0v) is 4.89. The molecule has 8 heavy (non-hydrogen) atoms. The van der Waals surface area contributed by atoms with Crippen LogP contribution in [-0.2, 0) is 9.53 Å². The molecule has 3 heteroatoms. The van der Waals surface area contributed by atoms with Crippen molar-refractivity contribution >= 4 is 5.97 Å². The predicted octanol–water partition coefficient (Wildman–Crippen LogP) is 0.520. The van der Waals surface area contributed by atoms with Crippen molar-refractivity contribution in [2.24, 2.45) is 0 Å². The minimum Gasteiger partial charge on any atom is -0.480 e. The van der Waals surface area contributed by atoms with E-state index in [9.17, 15) is 4.79 Å². The van der Waals surface area contributed by atoms with Crippen molar-refractivity contribution < 1.29 is 14.6 Å². The summed E-state index contributed by atoms with van der Waals surface area (Å²) in [5.41, 5.74) is 0. The molecule has 0 aromatic heterocycles. The molecule has 0 spiro atoms. The third kappa shape index (κ3) is 19.1. The third-order valence-corrected chi connectivity index (χ3v) is 0.268. The highest BCUT2D eigenvalue weighted by molar-refractivity contribution is 5.67. The van der Waals surface area contributed by atoms with Gasteiger partial charge in [0.25, 0.3) is 0 Å². The summed E-state index contributed by atoms with van der Waals surface area (Å²) < 4.78 is 4.20. The van der Waals surface area contributed by atoms with Crippen LogP contribution in [0.5, 0.6) is 0 Å². The fourth-order valence-electron chi connectivity index (χ4n) is 0.123. The molecule has 0 aliphatic heterocycles. The second kappa shape index (κ2) is 9.48. The summed E-state index contributed by atoms with van der Waals surface area (Å²) in [7, 11) is 1.34. The maximum Gasteiger partial charge on any atom is 0.329 e. The van der Waals surface area contributed by atoms with Crippen LogP contribution < -0.4 is 0 Å². The van der Waals surface area contributed by atoms with Crippen molar-refractivity contribution in [3.63, 3.8) is 0 Å². The smallest absolute Gasteiger partial charge is 0.329 e. The molecule has 3 nitrogen and oxygen atoms in total. The highest BCUT2D eigenvalue weighted by Gasteiger charge is 1.87. The Morgan fingerprint density at radius 3 is 2.12 bits per heavy atom. The van der Waals surface area contributed by atoms with E-state index in [1.165, 1.54) is 7.11 Å². The molecule has 0 rings (SSSR count). The van der Waals surface area contributed by atoms with Gasteiger partial charge in [0.1, 0.15) is 6.61 Å². The van der Waals surface area contributed by atoms with Crippen molar-refractivity contribution in [2.75, 3.05) is 13.7 Å². The van der Waals surface area contributed by atoms with Gasteiger partial charge in [-0.15, -0.1) is 13.2 Å². The molecule has 0 aliphatic rings. The van der Waals surface area contributed by atoms with Gasteiger partial charge in [-0.05, 0) is 0 Å². The highest BCUT2D eigenvalue weighted by Crippen LogP contribution is 1.61. The van der Waals surface area contributed by atoms with Gasteiger partial charge >= 0.3 is 5.97 Å². The molecule has 0 aromatic rings. The minimum atomic E-state index is -0.933. The number of carboxylic acid groups (broad SMARTS) is 1. The van der Waals surface area contributed by atoms with Crippen molar-refractivity contribution in [1.29, 1.82) is 0 Å². The van der Waals surface area contributed by atoms with Crippen LogP contribution in [0.2, 0.25) is 0 Å². The molecule has 0 amide bonds. The third-order valence-electron chi connectivity index (χ3n) is 0.268. The normalized spacial score (nSPS) is 6.62. The number of carbonyl (C=O) groups is 1. The summed E-state index contributed by atoms with van der Waals surface area (Å²) in [4.78, 5) is 9.47. The number of ether oxygens (including phenoxy) is 1. The Morgan fingerprint density at radius 2 is 2.12 bits per heavy atom. The van der Waals surface area contributed by atoms with Gasteiger partial charge in [0.15, 0.2) is 0 Å². The lowest BCUT2D eigenvalue weighted by Crippen LogP contribution is -2.02. The monoisotopic (exact) mass is 118 g/mol. The lowest BCUT2D eigenvalue weighted by molar-refractivity contribution is -0.141. The molecular formula is C5H10O3. The largest absolute Gasteiger partial charge is 0.480 e. The lowest BCUT2D eigenvalue weighted by atomic mass is 10.8. The van der Waals surface area contributed by atoms with Gasteiger partial charge in [0, 0.05) is 7.11 Å². The van der Waals surface area contributed by atoms with Gasteiger partial charge in [-0.3, -0.25) is 0 Å². The summed E-state index contributed by atoms with van der Waals surface area (Å²) in [6.45, 7) is 5.79. The molecule has 0 atom stereocenters. The molecule has 0 unspecified atom stereocenters. The number of hydrogen-bond donors (Lipinski definition) is 1. The van der Waals surface area contributed by atoms with Crippen LogP contribution in [0.3, 0.4) is 0 Å². The Balaban J connectivity index is 0. The fraction of sp³-hybridized carbons (Fsp3) is 0.400. The van der Waals surface area contributed by atoms with Crippen LogP contribution in [0.25, 0.3) is 0 Å². The average molecular weight is 118 g/mol. The lowest BCUT2D eigenvalue weighted by Gasteiger charge is -1.83. The van der Waals surface area contributed by atoms with Crippen LogP contribution in [-0.4, -0.2) is 24.8 Å². The first-order valence-corrected chi connectivity index (χ1v) is 1.98. The van der Waals surface area contributed by atoms with Gasteiger partial charge < -0.3 is 9.84 Å². The molecule has 0 saturated heterocycles. The summed E-state index contributed by atoms with van der Waals surface area (Å²) in [6, 6.07) is 0. The first kappa shape index (κ1) is 10.2. The van der Waals surface area contributed by atoms with E-state index in [0.717, 1.165) is 0 Å². The molecular weight excluding hydrogens is 108 g/mol. The van der Waals surface area contributed by atoms with E-state index >= 15 is 0 Å². The van der Waals surface area contributed by atoms with Crippen molar-refractivity contribution in [2.45, 2.75) is 0 Å². The first-order chi connectivity index (χ1) is 3.77. The van der Waals surface area contributed by atoms with E-state index in [2.05, 4.69) is 17.9 Å². The molecule has 1 N–H and O–H groups in total. The highest BCUT2D eigenvalue weighted by atomic mass is 16.5. The van der Waals surface area contributed by atoms with Gasteiger partial charge in [0.2, 0.25) is 0 Å². The van der Waals surface area contributed by atoms with Crippen LogP contribution in [0.1, 0.15) is 0 Å². The summed E-state index contributed by atoms with van der Waals surface area (Å²) in [5, 5.41) is 7.79. The van der Waals surface area contributed by atoms with E-state index in [4.69, 9.17) is 5.11 Å². The maximum atomic E-state index is 9.47. The molecule has 0 heterocycles. The van der Waals surface area contributed by atoms with Crippen molar-refractivity contribution in [1.82, 2.24) is 0 Å². The summed E-state index contributed by atoms with van der Waals surface area (Å²) in [6.07, 6.45) is 0. The molecule has 0 aliphatic carbocycles. The van der Waals surface area contributed by atoms with Crippen LogP contribution in [0.4, 0.5) is 0 Å². The number of rotatable bonds is 2.